The molecule has 1 heterocycles. The van der Waals surface area contributed by atoms with Crippen molar-refractivity contribution in [2.45, 2.75) is 12.8 Å². The highest BCUT2D eigenvalue weighted by Gasteiger charge is 2.09. The van der Waals surface area contributed by atoms with Crippen LogP contribution in [0.1, 0.15) is 11.3 Å². The van der Waals surface area contributed by atoms with Crippen LogP contribution in [0.15, 0.2) is 10.7 Å². The number of rotatable bonds is 2. The molecule has 0 N–H and O–H groups in total. The first kappa shape index (κ1) is 13.0. The monoisotopic (exact) mass is 285 g/mol. The third-order valence-corrected chi connectivity index (χ3v) is 2.63. The van der Waals surface area contributed by atoms with Crippen LogP contribution in [0, 0.1) is 6.92 Å². The van der Waals surface area contributed by atoms with E-state index in [0.717, 1.165) is 21.5 Å². The summed E-state index contributed by atoms with van der Waals surface area (Å²) in [7, 11) is 1.63. The molecule has 13 heavy (non-hydrogen) atoms. The molecule has 0 amide bonds. The first-order valence-corrected chi connectivity index (χ1v) is 4.77. The smallest absolute Gasteiger partial charge is 0.139 e. The summed E-state index contributed by atoms with van der Waals surface area (Å²) in [5, 5.41) is 0. The number of pyridine rings is 1. The zero-order valence-corrected chi connectivity index (χ0v) is 10.5. The molecule has 74 valence electrons. The number of hydrogen-bond donors (Lipinski definition) is 0. The molecule has 0 aliphatic carbocycles. The fraction of sp³-hybridized carbons (Fsp3) is 0.375. The van der Waals surface area contributed by atoms with Crippen LogP contribution in [0.3, 0.4) is 0 Å². The van der Waals surface area contributed by atoms with Gasteiger partial charge in [0.05, 0.1) is 23.2 Å². The maximum atomic E-state index is 5.67. The van der Waals surface area contributed by atoms with Crippen molar-refractivity contribution >= 4 is 39.9 Å². The second-order valence-electron chi connectivity index (χ2n) is 2.37. The lowest BCUT2D eigenvalue weighted by molar-refractivity contribution is 0.407. The summed E-state index contributed by atoms with van der Waals surface area (Å²) in [6, 6.07) is 0. The van der Waals surface area contributed by atoms with Gasteiger partial charge >= 0.3 is 0 Å². The predicted molar refractivity (Wildman–Crippen MR) is 60.0 cm³/mol. The lowest BCUT2D eigenvalue weighted by atomic mass is 10.2. The maximum absolute atomic E-state index is 5.67. The van der Waals surface area contributed by atoms with Gasteiger partial charge in [0.1, 0.15) is 5.75 Å². The molecule has 0 spiro atoms. The highest BCUT2D eigenvalue weighted by Crippen LogP contribution is 2.30. The number of aryl methyl sites for hydroxylation is 1. The van der Waals surface area contributed by atoms with Crippen molar-refractivity contribution in [3.63, 3.8) is 0 Å². The van der Waals surface area contributed by atoms with E-state index < -0.39 is 0 Å². The Kier molecular flexibility index (Phi) is 5.68. The quantitative estimate of drug-likeness (QED) is 0.778. The Morgan fingerprint density at radius 2 is 2.23 bits per heavy atom. The Morgan fingerprint density at radius 3 is 2.69 bits per heavy atom. The first-order chi connectivity index (χ1) is 5.70. The highest BCUT2D eigenvalue weighted by atomic mass is 79.9. The van der Waals surface area contributed by atoms with Gasteiger partial charge in [0.25, 0.3) is 0 Å². The number of hydrogen-bond acceptors (Lipinski definition) is 2. The van der Waals surface area contributed by atoms with E-state index in [1.54, 1.807) is 13.3 Å². The van der Waals surface area contributed by atoms with Crippen LogP contribution in [0.5, 0.6) is 5.75 Å². The Morgan fingerprint density at radius 1 is 1.62 bits per heavy atom. The molecule has 0 unspecified atom stereocenters. The fourth-order valence-electron chi connectivity index (χ4n) is 0.938. The lowest BCUT2D eigenvalue weighted by Crippen LogP contribution is -1.95. The summed E-state index contributed by atoms with van der Waals surface area (Å²) in [5.41, 5.74) is 1.80. The van der Waals surface area contributed by atoms with E-state index in [2.05, 4.69) is 20.9 Å². The van der Waals surface area contributed by atoms with Gasteiger partial charge in [0.15, 0.2) is 0 Å². The first-order valence-electron chi connectivity index (χ1n) is 3.44. The van der Waals surface area contributed by atoms with Crippen molar-refractivity contribution in [2.75, 3.05) is 7.11 Å². The van der Waals surface area contributed by atoms with Gasteiger partial charge in [-0.15, -0.1) is 24.0 Å². The van der Waals surface area contributed by atoms with E-state index in [1.165, 1.54) is 0 Å². The fourth-order valence-corrected chi connectivity index (χ4v) is 2.02. The van der Waals surface area contributed by atoms with Gasteiger partial charge in [0.2, 0.25) is 0 Å². The van der Waals surface area contributed by atoms with Crippen molar-refractivity contribution in [1.82, 2.24) is 4.98 Å². The molecule has 0 saturated carbocycles. The molecule has 0 bridgehead atoms. The van der Waals surface area contributed by atoms with Gasteiger partial charge in [0, 0.05) is 11.8 Å². The van der Waals surface area contributed by atoms with Crippen LogP contribution in [-0.4, -0.2) is 12.1 Å². The Bertz CT molecular complexity index is 294. The number of aromatic nitrogens is 1. The molecule has 0 saturated heterocycles. The van der Waals surface area contributed by atoms with Crippen molar-refractivity contribution < 1.29 is 4.74 Å². The molecule has 0 atom stereocenters. The topological polar surface area (TPSA) is 22.1 Å². The Labute approximate surface area is 97.2 Å². The average molecular weight is 287 g/mol. The highest BCUT2D eigenvalue weighted by molar-refractivity contribution is 9.10. The summed E-state index contributed by atoms with van der Waals surface area (Å²) in [4.78, 5) is 4.15. The van der Waals surface area contributed by atoms with Gasteiger partial charge < -0.3 is 4.74 Å². The van der Waals surface area contributed by atoms with Crippen molar-refractivity contribution in [3.8, 4) is 5.75 Å². The van der Waals surface area contributed by atoms with Crippen LogP contribution < -0.4 is 4.74 Å². The molecular weight excluding hydrogens is 277 g/mol. The normalized spacial score (nSPS) is 9.23. The van der Waals surface area contributed by atoms with E-state index in [0.29, 0.717) is 5.88 Å². The summed E-state index contributed by atoms with van der Waals surface area (Å²) in [6.45, 7) is 1.94. The third kappa shape index (κ3) is 2.73. The SMILES string of the molecule is COc1c(C)cnc(CCl)c1Br.Cl. The molecule has 1 rings (SSSR count). The number of nitrogens with zero attached hydrogens (tertiary/aromatic N) is 1. The van der Waals surface area contributed by atoms with Crippen LogP contribution in [-0.2, 0) is 5.88 Å². The molecule has 1 aromatic heterocycles. The number of alkyl halides is 1. The summed E-state index contributed by atoms with van der Waals surface area (Å²) in [5.74, 6) is 1.19. The average Bonchev–Trinajstić information content (AvgIpc) is 2.06. The summed E-state index contributed by atoms with van der Waals surface area (Å²) < 4.78 is 6.02. The molecular formula is C8H10BrCl2NO. The summed E-state index contributed by atoms with van der Waals surface area (Å²) >= 11 is 9.05. The molecule has 0 aliphatic rings. The van der Waals surface area contributed by atoms with Crippen LogP contribution in [0.4, 0.5) is 0 Å². The number of ether oxygens (including phenoxy) is 1. The van der Waals surface area contributed by atoms with E-state index >= 15 is 0 Å². The summed E-state index contributed by atoms with van der Waals surface area (Å²) in [6.07, 6.45) is 1.75. The minimum Gasteiger partial charge on any atom is -0.495 e. The molecule has 0 aromatic carbocycles. The minimum absolute atomic E-state index is 0. The van der Waals surface area contributed by atoms with Crippen LogP contribution in [0.2, 0.25) is 0 Å². The number of methoxy groups -OCH3 is 1. The van der Waals surface area contributed by atoms with E-state index in [-0.39, 0.29) is 12.4 Å². The van der Waals surface area contributed by atoms with Crippen molar-refractivity contribution in [1.29, 1.82) is 0 Å². The zero-order chi connectivity index (χ0) is 9.14. The van der Waals surface area contributed by atoms with Crippen molar-refractivity contribution in [2.24, 2.45) is 0 Å². The molecule has 0 aliphatic heterocycles. The standard InChI is InChI=1S/C8H9BrClNO.ClH/c1-5-4-11-6(3-10)7(9)8(5)12-2;/h4H,3H2,1-2H3;1H. The molecule has 2 nitrogen and oxygen atoms in total. The minimum atomic E-state index is 0. The van der Waals surface area contributed by atoms with E-state index in [9.17, 15) is 0 Å². The van der Waals surface area contributed by atoms with Crippen LogP contribution in [0.25, 0.3) is 0 Å². The molecule has 5 heteroatoms. The second kappa shape index (κ2) is 5.68. The van der Waals surface area contributed by atoms with Gasteiger partial charge in [-0.2, -0.15) is 0 Å². The predicted octanol–water partition coefficient (Wildman–Crippen LogP) is 3.32. The molecule has 0 radical (unpaired) electrons. The van der Waals surface area contributed by atoms with Gasteiger partial charge in [-0.1, -0.05) is 0 Å². The zero-order valence-electron chi connectivity index (χ0n) is 7.30. The Hall–Kier alpha value is 0.01000. The second-order valence-corrected chi connectivity index (χ2v) is 3.43. The van der Waals surface area contributed by atoms with Crippen molar-refractivity contribution in [3.05, 3.63) is 21.9 Å². The number of halogens is 3. The maximum Gasteiger partial charge on any atom is 0.139 e. The largest absolute Gasteiger partial charge is 0.495 e. The molecule has 0 fully saturated rings. The van der Waals surface area contributed by atoms with Gasteiger partial charge in [-0.05, 0) is 22.9 Å². The molecule has 1 aromatic rings. The lowest BCUT2D eigenvalue weighted by Gasteiger charge is -2.08. The van der Waals surface area contributed by atoms with E-state index in [4.69, 9.17) is 16.3 Å². The van der Waals surface area contributed by atoms with Gasteiger partial charge in [-0.25, -0.2) is 0 Å². The van der Waals surface area contributed by atoms with Gasteiger partial charge in [-0.3, -0.25) is 4.98 Å². The van der Waals surface area contributed by atoms with Crippen LogP contribution >= 0.6 is 39.9 Å². The van der Waals surface area contributed by atoms with E-state index in [1.807, 2.05) is 6.92 Å². The Balaban J connectivity index is 0.00000144. The third-order valence-electron chi connectivity index (χ3n) is 1.56.